The topological polar surface area (TPSA) is 56.8 Å². The van der Waals surface area contributed by atoms with Crippen LogP contribution in [0.15, 0.2) is 60.7 Å². The molecule has 0 radical (unpaired) electrons. The van der Waals surface area contributed by atoms with Gasteiger partial charge in [-0.05, 0) is 53.9 Å². The Morgan fingerprint density at radius 1 is 0.931 bits per heavy atom. The second-order valence-corrected chi connectivity index (χ2v) is 6.85. The number of carbonyl (C=O) groups is 1. The van der Waals surface area contributed by atoms with E-state index >= 15 is 0 Å². The fourth-order valence-corrected chi connectivity index (χ4v) is 3.28. The molecule has 5 nitrogen and oxygen atoms in total. The highest BCUT2D eigenvalue weighted by molar-refractivity contribution is 5.84. The summed E-state index contributed by atoms with van der Waals surface area (Å²) in [6.45, 7) is 3.78. The normalized spacial score (nSPS) is 12.8. The van der Waals surface area contributed by atoms with Crippen molar-refractivity contribution in [3.8, 4) is 17.2 Å². The molecule has 0 heterocycles. The molecule has 0 spiro atoms. The van der Waals surface area contributed by atoms with Crippen molar-refractivity contribution in [3.63, 3.8) is 0 Å². The van der Waals surface area contributed by atoms with Crippen LogP contribution in [0.2, 0.25) is 0 Å². The summed E-state index contributed by atoms with van der Waals surface area (Å²) in [5.41, 5.74) is 0.955. The minimum absolute atomic E-state index is 0.148. The third-order valence-corrected chi connectivity index (χ3v) is 4.94. The molecule has 1 N–H and O–H groups in total. The zero-order valence-electron chi connectivity index (χ0n) is 17.3. The summed E-state index contributed by atoms with van der Waals surface area (Å²) >= 11 is 0. The van der Waals surface area contributed by atoms with Crippen LogP contribution in [0.1, 0.15) is 31.9 Å². The van der Waals surface area contributed by atoms with Crippen molar-refractivity contribution in [2.45, 2.75) is 32.4 Å². The summed E-state index contributed by atoms with van der Waals surface area (Å²) in [6.07, 6.45) is 0.120. The molecule has 0 bridgehead atoms. The van der Waals surface area contributed by atoms with Crippen molar-refractivity contribution >= 4 is 16.7 Å². The number of rotatable bonds is 8. The number of benzene rings is 3. The van der Waals surface area contributed by atoms with Crippen molar-refractivity contribution in [1.29, 1.82) is 0 Å². The van der Waals surface area contributed by atoms with Crippen LogP contribution in [0.4, 0.5) is 0 Å². The second-order valence-electron chi connectivity index (χ2n) is 6.85. The highest BCUT2D eigenvalue weighted by Crippen LogP contribution is 2.31. The van der Waals surface area contributed by atoms with Crippen molar-refractivity contribution in [1.82, 2.24) is 5.32 Å². The number of hydrogen-bond donors (Lipinski definition) is 1. The molecule has 3 aromatic carbocycles. The fraction of sp³-hybridized carbons (Fsp3) is 0.292. The van der Waals surface area contributed by atoms with Gasteiger partial charge in [-0.2, -0.15) is 0 Å². The quantitative estimate of drug-likeness (QED) is 0.592. The second kappa shape index (κ2) is 9.32. The van der Waals surface area contributed by atoms with Crippen molar-refractivity contribution in [2.24, 2.45) is 0 Å². The Morgan fingerprint density at radius 3 is 2.34 bits per heavy atom. The number of ether oxygens (including phenoxy) is 3. The summed E-state index contributed by atoms with van der Waals surface area (Å²) in [7, 11) is 3.20. The van der Waals surface area contributed by atoms with Gasteiger partial charge < -0.3 is 19.5 Å². The van der Waals surface area contributed by atoms with Crippen LogP contribution in [-0.4, -0.2) is 26.2 Å². The highest BCUT2D eigenvalue weighted by atomic mass is 16.5. The molecule has 0 unspecified atom stereocenters. The number of carbonyl (C=O) groups excluding carboxylic acids is 1. The number of hydrogen-bond acceptors (Lipinski definition) is 4. The summed E-state index contributed by atoms with van der Waals surface area (Å²) < 4.78 is 16.6. The average Bonchev–Trinajstić information content (AvgIpc) is 2.76. The van der Waals surface area contributed by atoms with Crippen LogP contribution in [0, 0.1) is 0 Å². The van der Waals surface area contributed by atoms with Gasteiger partial charge in [0.15, 0.2) is 17.6 Å². The van der Waals surface area contributed by atoms with Gasteiger partial charge in [0.25, 0.3) is 5.91 Å². The molecule has 0 saturated heterocycles. The van der Waals surface area contributed by atoms with Crippen LogP contribution in [0.3, 0.4) is 0 Å². The zero-order chi connectivity index (χ0) is 20.8. The van der Waals surface area contributed by atoms with Crippen LogP contribution in [0.5, 0.6) is 17.2 Å². The van der Waals surface area contributed by atoms with Gasteiger partial charge in [0.2, 0.25) is 0 Å². The molecule has 29 heavy (non-hydrogen) atoms. The Hall–Kier alpha value is -3.21. The van der Waals surface area contributed by atoms with Crippen LogP contribution < -0.4 is 19.5 Å². The van der Waals surface area contributed by atoms with E-state index in [1.807, 2.05) is 67.6 Å². The Kier molecular flexibility index (Phi) is 6.60. The van der Waals surface area contributed by atoms with Gasteiger partial charge in [0.1, 0.15) is 5.75 Å². The van der Waals surface area contributed by atoms with Gasteiger partial charge in [-0.3, -0.25) is 4.79 Å². The Labute approximate surface area is 171 Å². The molecule has 0 saturated carbocycles. The molecule has 0 aliphatic rings. The molecule has 3 rings (SSSR count). The maximum atomic E-state index is 12.7. The van der Waals surface area contributed by atoms with Gasteiger partial charge in [0, 0.05) is 0 Å². The van der Waals surface area contributed by atoms with Gasteiger partial charge >= 0.3 is 0 Å². The molecule has 152 valence electrons. The SMILES string of the molecule is CC[C@H](NC(=O)[C@@H](C)Oc1ccc2ccccc2c1)c1ccc(OC)c(OC)c1. The lowest BCUT2D eigenvalue weighted by molar-refractivity contribution is -0.128. The molecule has 0 fully saturated rings. The van der Waals surface area contributed by atoms with Crippen LogP contribution in [0.25, 0.3) is 10.8 Å². The Bertz CT molecular complexity index is 986. The van der Waals surface area contributed by atoms with E-state index in [1.165, 1.54) is 0 Å². The number of methoxy groups -OCH3 is 2. The van der Waals surface area contributed by atoms with Crippen molar-refractivity contribution in [2.75, 3.05) is 14.2 Å². The first-order chi connectivity index (χ1) is 14.0. The molecular weight excluding hydrogens is 366 g/mol. The van der Waals surface area contributed by atoms with E-state index in [1.54, 1.807) is 21.1 Å². The first kappa shape index (κ1) is 20.5. The van der Waals surface area contributed by atoms with E-state index in [4.69, 9.17) is 14.2 Å². The third kappa shape index (κ3) is 4.80. The van der Waals surface area contributed by atoms with Crippen LogP contribution >= 0.6 is 0 Å². The predicted molar refractivity (Wildman–Crippen MR) is 115 cm³/mol. The van der Waals surface area contributed by atoms with E-state index in [2.05, 4.69) is 5.32 Å². The zero-order valence-corrected chi connectivity index (χ0v) is 17.3. The molecule has 1 amide bonds. The first-order valence-corrected chi connectivity index (χ1v) is 9.73. The van der Waals surface area contributed by atoms with E-state index in [-0.39, 0.29) is 11.9 Å². The first-order valence-electron chi connectivity index (χ1n) is 9.73. The highest BCUT2D eigenvalue weighted by Gasteiger charge is 2.20. The van der Waals surface area contributed by atoms with Gasteiger partial charge in [-0.25, -0.2) is 0 Å². The van der Waals surface area contributed by atoms with Crippen molar-refractivity contribution < 1.29 is 19.0 Å². The lowest BCUT2D eigenvalue weighted by Gasteiger charge is -2.22. The standard InChI is InChI=1S/C24H27NO4/c1-5-21(19-11-13-22(27-3)23(15-19)28-4)25-24(26)16(2)29-20-12-10-17-8-6-7-9-18(17)14-20/h6-16,21H,5H2,1-4H3,(H,25,26)/t16-,21+/m1/s1. The summed E-state index contributed by atoms with van der Waals surface area (Å²) in [5, 5.41) is 5.28. The average molecular weight is 393 g/mol. The third-order valence-electron chi connectivity index (χ3n) is 4.94. The summed E-state index contributed by atoms with van der Waals surface area (Å²) in [5.74, 6) is 1.80. The molecular formula is C24H27NO4. The largest absolute Gasteiger partial charge is 0.493 e. The minimum atomic E-state index is -0.620. The maximum Gasteiger partial charge on any atom is 0.261 e. The summed E-state index contributed by atoms with van der Waals surface area (Å²) in [4.78, 5) is 12.7. The molecule has 0 aliphatic heterocycles. The van der Waals surface area contributed by atoms with E-state index in [9.17, 15) is 4.79 Å². The number of nitrogens with one attached hydrogen (secondary N) is 1. The Balaban J connectivity index is 1.69. The van der Waals surface area contributed by atoms with Gasteiger partial charge in [-0.15, -0.1) is 0 Å². The molecule has 2 atom stereocenters. The Morgan fingerprint density at radius 2 is 1.66 bits per heavy atom. The minimum Gasteiger partial charge on any atom is -0.493 e. The van der Waals surface area contributed by atoms with Crippen LogP contribution in [-0.2, 0) is 4.79 Å². The lowest BCUT2D eigenvalue weighted by atomic mass is 10.0. The van der Waals surface area contributed by atoms with Gasteiger partial charge in [-0.1, -0.05) is 43.3 Å². The number of amides is 1. The maximum absolute atomic E-state index is 12.7. The molecule has 5 heteroatoms. The fourth-order valence-electron chi connectivity index (χ4n) is 3.28. The smallest absolute Gasteiger partial charge is 0.261 e. The van der Waals surface area contributed by atoms with Gasteiger partial charge in [0.05, 0.1) is 20.3 Å². The lowest BCUT2D eigenvalue weighted by Crippen LogP contribution is -2.38. The molecule has 0 aliphatic carbocycles. The van der Waals surface area contributed by atoms with Crippen molar-refractivity contribution in [3.05, 3.63) is 66.2 Å². The molecule has 0 aromatic heterocycles. The summed E-state index contributed by atoms with van der Waals surface area (Å²) in [6, 6.07) is 19.4. The number of fused-ring (bicyclic) bond motifs is 1. The van der Waals surface area contributed by atoms with E-state index in [0.717, 1.165) is 22.8 Å². The molecule has 3 aromatic rings. The van der Waals surface area contributed by atoms with E-state index in [0.29, 0.717) is 17.2 Å². The monoisotopic (exact) mass is 393 g/mol. The van der Waals surface area contributed by atoms with E-state index < -0.39 is 6.10 Å². The predicted octanol–water partition coefficient (Wildman–Crippen LogP) is 4.89.